The van der Waals surface area contributed by atoms with E-state index in [0.717, 1.165) is 55.0 Å². The lowest BCUT2D eigenvalue weighted by atomic mass is 9.93. The number of ketones is 1. The van der Waals surface area contributed by atoms with Crippen LogP contribution in [0.2, 0.25) is 0 Å². The summed E-state index contributed by atoms with van der Waals surface area (Å²) >= 11 is 0. The molecule has 0 heterocycles. The van der Waals surface area contributed by atoms with Crippen LogP contribution in [0.3, 0.4) is 0 Å². The molecule has 0 aliphatic rings. The van der Waals surface area contributed by atoms with Crippen LogP contribution in [0.25, 0.3) is 0 Å². The minimum Gasteiger partial charge on any atom is -0.372 e. The molecule has 0 aromatic heterocycles. The fourth-order valence-corrected chi connectivity index (χ4v) is 4.12. The van der Waals surface area contributed by atoms with Gasteiger partial charge in [0.25, 0.3) is 0 Å². The Labute approximate surface area is 187 Å². The van der Waals surface area contributed by atoms with Crippen LogP contribution in [0.15, 0.2) is 72.8 Å². The van der Waals surface area contributed by atoms with Gasteiger partial charge in [-0.25, -0.2) is 0 Å². The minimum atomic E-state index is 0.0862. The average molecular weight is 415 g/mol. The zero-order valence-electron chi connectivity index (χ0n) is 19.3. The summed E-state index contributed by atoms with van der Waals surface area (Å²) in [7, 11) is 0. The van der Waals surface area contributed by atoms with Gasteiger partial charge in [-0.3, -0.25) is 4.79 Å². The van der Waals surface area contributed by atoms with E-state index in [2.05, 4.69) is 86.0 Å². The fourth-order valence-electron chi connectivity index (χ4n) is 4.12. The predicted octanol–water partition coefficient (Wildman–Crippen LogP) is 6.20. The van der Waals surface area contributed by atoms with E-state index in [1.807, 2.05) is 24.3 Å². The zero-order chi connectivity index (χ0) is 22.2. The summed E-state index contributed by atoms with van der Waals surface area (Å²) in [4.78, 5) is 18.1. The van der Waals surface area contributed by atoms with E-state index in [1.54, 1.807) is 0 Å². The first kappa shape index (κ1) is 22.6. The van der Waals surface area contributed by atoms with Crippen molar-refractivity contribution in [2.24, 2.45) is 0 Å². The molecule has 3 aromatic carbocycles. The van der Waals surface area contributed by atoms with E-state index in [0.29, 0.717) is 0 Å². The van der Waals surface area contributed by atoms with Crippen LogP contribution in [0.1, 0.15) is 54.7 Å². The average Bonchev–Trinajstić information content (AvgIpc) is 2.82. The van der Waals surface area contributed by atoms with Gasteiger partial charge >= 0.3 is 0 Å². The van der Waals surface area contributed by atoms with E-state index in [4.69, 9.17) is 0 Å². The van der Waals surface area contributed by atoms with Crippen molar-refractivity contribution in [3.8, 4) is 0 Å². The number of benzene rings is 3. The van der Waals surface area contributed by atoms with Crippen molar-refractivity contribution in [2.75, 3.05) is 36.0 Å². The van der Waals surface area contributed by atoms with E-state index >= 15 is 0 Å². The van der Waals surface area contributed by atoms with Gasteiger partial charge in [0.1, 0.15) is 0 Å². The standard InChI is InChI=1S/C28H34N2O/c1-5-29(6-2)25-16-14-23(15-17-25)28(31)27-19-18-26(30(7-3)8-4)21-24(27)20-22-12-10-9-11-13-22/h9-19,21H,5-8,20H2,1-4H3. The van der Waals surface area contributed by atoms with E-state index in [1.165, 1.54) is 11.3 Å². The molecule has 0 fully saturated rings. The van der Waals surface area contributed by atoms with Gasteiger partial charge in [-0.05, 0) is 87.7 Å². The Hall–Kier alpha value is -3.07. The third-order valence-corrected chi connectivity index (χ3v) is 5.96. The Morgan fingerprint density at radius 2 is 1.23 bits per heavy atom. The number of nitrogens with zero attached hydrogens (tertiary/aromatic N) is 2. The van der Waals surface area contributed by atoms with Crippen LogP contribution in [-0.2, 0) is 6.42 Å². The third kappa shape index (κ3) is 5.35. The second kappa shape index (κ2) is 10.8. The molecule has 31 heavy (non-hydrogen) atoms. The van der Waals surface area contributed by atoms with Crippen molar-refractivity contribution >= 4 is 17.2 Å². The molecule has 0 aliphatic heterocycles. The minimum absolute atomic E-state index is 0.0862. The Kier molecular flexibility index (Phi) is 7.88. The van der Waals surface area contributed by atoms with Gasteiger partial charge in [0.2, 0.25) is 0 Å². The van der Waals surface area contributed by atoms with Crippen LogP contribution >= 0.6 is 0 Å². The third-order valence-electron chi connectivity index (χ3n) is 5.96. The van der Waals surface area contributed by atoms with Crippen molar-refractivity contribution in [2.45, 2.75) is 34.1 Å². The molecule has 0 spiro atoms. The summed E-state index contributed by atoms with van der Waals surface area (Å²) in [5.74, 6) is 0.0862. The lowest BCUT2D eigenvalue weighted by Gasteiger charge is -2.23. The molecular formula is C28H34N2O. The zero-order valence-corrected chi connectivity index (χ0v) is 19.3. The molecule has 3 heteroatoms. The smallest absolute Gasteiger partial charge is 0.193 e. The highest BCUT2D eigenvalue weighted by molar-refractivity contribution is 6.10. The first-order valence-corrected chi connectivity index (χ1v) is 11.4. The number of rotatable bonds is 10. The van der Waals surface area contributed by atoms with Crippen LogP contribution < -0.4 is 9.80 Å². The Morgan fingerprint density at radius 3 is 1.81 bits per heavy atom. The van der Waals surface area contributed by atoms with Gasteiger partial charge < -0.3 is 9.80 Å². The topological polar surface area (TPSA) is 23.6 Å². The summed E-state index contributed by atoms with van der Waals surface area (Å²) in [5.41, 5.74) is 6.14. The summed E-state index contributed by atoms with van der Waals surface area (Å²) in [6, 6.07) is 24.7. The molecule has 3 nitrogen and oxygen atoms in total. The first-order chi connectivity index (χ1) is 15.1. The second-order valence-corrected chi connectivity index (χ2v) is 7.72. The van der Waals surface area contributed by atoms with Gasteiger partial charge in [-0.1, -0.05) is 30.3 Å². The fraction of sp³-hybridized carbons (Fsp3) is 0.321. The highest BCUT2D eigenvalue weighted by Gasteiger charge is 2.16. The quantitative estimate of drug-likeness (QED) is 0.369. The number of carbonyl (C=O) groups is 1. The molecule has 0 atom stereocenters. The Bertz CT molecular complexity index is 972. The summed E-state index contributed by atoms with van der Waals surface area (Å²) < 4.78 is 0. The molecule has 0 amide bonds. The molecular weight excluding hydrogens is 380 g/mol. The van der Waals surface area contributed by atoms with Gasteiger partial charge in [-0.2, -0.15) is 0 Å². The summed E-state index contributed by atoms with van der Waals surface area (Å²) in [5, 5.41) is 0. The molecule has 162 valence electrons. The van der Waals surface area contributed by atoms with Crippen LogP contribution in [-0.4, -0.2) is 32.0 Å². The van der Waals surface area contributed by atoms with Crippen molar-refractivity contribution < 1.29 is 4.79 Å². The van der Waals surface area contributed by atoms with Crippen molar-refractivity contribution in [1.29, 1.82) is 0 Å². The highest BCUT2D eigenvalue weighted by Crippen LogP contribution is 2.25. The molecule has 0 N–H and O–H groups in total. The number of anilines is 2. The largest absolute Gasteiger partial charge is 0.372 e. The van der Waals surface area contributed by atoms with Crippen LogP contribution in [0, 0.1) is 0 Å². The maximum atomic E-state index is 13.5. The van der Waals surface area contributed by atoms with E-state index in [9.17, 15) is 4.79 Å². The highest BCUT2D eigenvalue weighted by atomic mass is 16.1. The Balaban J connectivity index is 1.97. The molecule has 0 unspecified atom stereocenters. The molecule has 0 radical (unpaired) electrons. The van der Waals surface area contributed by atoms with E-state index in [-0.39, 0.29) is 5.78 Å². The lowest BCUT2D eigenvalue weighted by molar-refractivity contribution is 0.103. The maximum absolute atomic E-state index is 13.5. The molecule has 3 aromatic rings. The molecule has 0 saturated carbocycles. The van der Waals surface area contributed by atoms with Gasteiger partial charge in [-0.15, -0.1) is 0 Å². The summed E-state index contributed by atoms with van der Waals surface area (Å²) in [6.07, 6.45) is 0.745. The maximum Gasteiger partial charge on any atom is 0.193 e. The van der Waals surface area contributed by atoms with Crippen molar-refractivity contribution in [3.05, 3.63) is 95.1 Å². The van der Waals surface area contributed by atoms with Crippen LogP contribution in [0.4, 0.5) is 11.4 Å². The van der Waals surface area contributed by atoms with Gasteiger partial charge in [0, 0.05) is 48.7 Å². The number of carbonyl (C=O) groups excluding carboxylic acids is 1. The molecule has 0 bridgehead atoms. The number of hydrogen-bond donors (Lipinski definition) is 0. The van der Waals surface area contributed by atoms with Crippen molar-refractivity contribution in [3.63, 3.8) is 0 Å². The molecule has 0 aliphatic carbocycles. The second-order valence-electron chi connectivity index (χ2n) is 7.72. The van der Waals surface area contributed by atoms with Crippen molar-refractivity contribution in [1.82, 2.24) is 0 Å². The monoisotopic (exact) mass is 414 g/mol. The van der Waals surface area contributed by atoms with Gasteiger partial charge in [0.15, 0.2) is 5.78 Å². The number of hydrogen-bond acceptors (Lipinski definition) is 3. The lowest BCUT2D eigenvalue weighted by Crippen LogP contribution is -2.22. The Morgan fingerprint density at radius 1 is 0.677 bits per heavy atom. The van der Waals surface area contributed by atoms with Crippen LogP contribution in [0.5, 0.6) is 0 Å². The SMILES string of the molecule is CCN(CC)c1ccc(C(=O)c2ccc(N(CC)CC)cc2Cc2ccccc2)cc1. The predicted molar refractivity (Wildman–Crippen MR) is 133 cm³/mol. The normalized spacial score (nSPS) is 10.7. The van der Waals surface area contributed by atoms with E-state index < -0.39 is 0 Å². The van der Waals surface area contributed by atoms with Gasteiger partial charge in [0.05, 0.1) is 0 Å². The molecule has 3 rings (SSSR count). The first-order valence-electron chi connectivity index (χ1n) is 11.4. The summed E-state index contributed by atoms with van der Waals surface area (Å²) in [6.45, 7) is 12.4. The molecule has 0 saturated heterocycles.